The summed E-state index contributed by atoms with van der Waals surface area (Å²) in [7, 11) is 0. The maximum absolute atomic E-state index is 11.5. The summed E-state index contributed by atoms with van der Waals surface area (Å²) in [5.74, 6) is -0.222. The summed E-state index contributed by atoms with van der Waals surface area (Å²) in [4.78, 5) is 26.7. The van der Waals surface area contributed by atoms with E-state index in [0.29, 0.717) is 46.1 Å². The fourth-order valence-corrected chi connectivity index (χ4v) is 3.00. The average Bonchev–Trinajstić information content (AvgIpc) is 3.10. The molecule has 2 rings (SSSR count). The molecule has 11 heteroatoms. The van der Waals surface area contributed by atoms with Crippen molar-refractivity contribution in [1.82, 2.24) is 4.98 Å². The molecule has 0 aliphatic rings. The average molecular weight is 441 g/mol. The van der Waals surface area contributed by atoms with Crippen LogP contribution < -0.4 is 20.6 Å². The second-order valence-corrected chi connectivity index (χ2v) is 6.77. The Hall–Kier alpha value is -2.85. The molecular weight excluding hydrogens is 420 g/mol. The second-order valence-electron chi connectivity index (χ2n) is 5.50. The minimum atomic E-state index is -0.607. The molecule has 1 aromatic carbocycles. The van der Waals surface area contributed by atoms with E-state index in [1.807, 2.05) is 6.92 Å². The number of ether oxygens (including phenoxy) is 3. The summed E-state index contributed by atoms with van der Waals surface area (Å²) in [6, 6.07) is 3.17. The standard InChI is InChI=1S/C18H21ClN4O5S/c1-3-26-14-5-11(13(19)7-15(14)28-9-16(20)24)8-21-23-18-22-12(10-29-18)6-17(25)27-4-2/h5,7-8,10H,3-4,6,9H2,1-2H3,(H2,20,24)(H,22,23). The molecule has 1 amide bonds. The van der Waals surface area contributed by atoms with Crippen LogP contribution in [0.15, 0.2) is 22.6 Å². The van der Waals surface area contributed by atoms with Crippen molar-refractivity contribution in [2.24, 2.45) is 10.8 Å². The lowest BCUT2D eigenvalue weighted by molar-refractivity contribution is -0.142. The molecule has 29 heavy (non-hydrogen) atoms. The molecule has 0 aliphatic heterocycles. The largest absolute Gasteiger partial charge is 0.490 e. The smallest absolute Gasteiger partial charge is 0.311 e. The molecule has 1 heterocycles. The molecule has 0 aliphatic carbocycles. The predicted octanol–water partition coefficient (Wildman–Crippen LogP) is 2.61. The number of anilines is 1. The molecule has 0 fully saturated rings. The molecule has 0 saturated heterocycles. The molecular formula is C18H21ClN4O5S. The van der Waals surface area contributed by atoms with Gasteiger partial charge in [-0.15, -0.1) is 11.3 Å². The molecule has 0 spiro atoms. The van der Waals surface area contributed by atoms with Crippen LogP contribution in [-0.2, 0) is 20.7 Å². The number of hydrogen-bond donors (Lipinski definition) is 2. The first-order chi connectivity index (χ1) is 13.9. The lowest BCUT2D eigenvalue weighted by Gasteiger charge is -2.12. The third-order valence-corrected chi connectivity index (χ3v) is 4.40. The number of halogens is 1. The highest BCUT2D eigenvalue weighted by Crippen LogP contribution is 2.33. The van der Waals surface area contributed by atoms with Gasteiger partial charge in [0.05, 0.1) is 36.6 Å². The number of benzene rings is 1. The van der Waals surface area contributed by atoms with Gasteiger partial charge < -0.3 is 19.9 Å². The molecule has 1 aromatic heterocycles. The van der Waals surface area contributed by atoms with Gasteiger partial charge in [0.15, 0.2) is 18.1 Å². The minimum Gasteiger partial charge on any atom is -0.490 e. The monoisotopic (exact) mass is 440 g/mol. The van der Waals surface area contributed by atoms with Crippen molar-refractivity contribution in [3.8, 4) is 11.5 Å². The number of nitrogens with one attached hydrogen (secondary N) is 1. The summed E-state index contributed by atoms with van der Waals surface area (Å²) in [6.45, 7) is 4.00. The highest BCUT2D eigenvalue weighted by Gasteiger charge is 2.12. The van der Waals surface area contributed by atoms with Crippen LogP contribution in [0.1, 0.15) is 25.1 Å². The van der Waals surface area contributed by atoms with Gasteiger partial charge in [0.25, 0.3) is 5.91 Å². The number of nitrogens with zero attached hydrogens (tertiary/aromatic N) is 2. The Bertz CT molecular complexity index is 887. The van der Waals surface area contributed by atoms with Crippen LogP contribution in [0.25, 0.3) is 0 Å². The number of thiazole rings is 1. The summed E-state index contributed by atoms with van der Waals surface area (Å²) >= 11 is 7.56. The molecule has 9 nitrogen and oxygen atoms in total. The maximum Gasteiger partial charge on any atom is 0.311 e. The zero-order valence-corrected chi connectivity index (χ0v) is 17.5. The summed E-state index contributed by atoms with van der Waals surface area (Å²) in [6.07, 6.45) is 1.60. The van der Waals surface area contributed by atoms with E-state index in [1.54, 1.807) is 18.4 Å². The SMILES string of the molecule is CCOC(=O)Cc1csc(NN=Cc2cc(OCC)c(OCC(N)=O)cc2Cl)n1. The Morgan fingerprint density at radius 2 is 2.03 bits per heavy atom. The van der Waals surface area contributed by atoms with Crippen LogP contribution in [-0.4, -0.2) is 42.9 Å². The van der Waals surface area contributed by atoms with Gasteiger partial charge in [0.1, 0.15) is 0 Å². The lowest BCUT2D eigenvalue weighted by Crippen LogP contribution is -2.20. The molecule has 2 aromatic rings. The minimum absolute atomic E-state index is 0.103. The van der Waals surface area contributed by atoms with Crippen molar-refractivity contribution in [3.63, 3.8) is 0 Å². The number of carbonyl (C=O) groups excluding carboxylic acids is 2. The van der Waals surface area contributed by atoms with Crippen molar-refractivity contribution in [3.05, 3.63) is 33.8 Å². The highest BCUT2D eigenvalue weighted by molar-refractivity contribution is 7.13. The van der Waals surface area contributed by atoms with E-state index in [2.05, 4.69) is 15.5 Å². The van der Waals surface area contributed by atoms with Gasteiger partial charge in [0, 0.05) is 17.0 Å². The summed E-state index contributed by atoms with van der Waals surface area (Å²) in [5, 5.41) is 6.72. The van der Waals surface area contributed by atoms with Gasteiger partial charge >= 0.3 is 5.97 Å². The topological polar surface area (TPSA) is 125 Å². The molecule has 0 unspecified atom stereocenters. The third-order valence-electron chi connectivity index (χ3n) is 3.28. The highest BCUT2D eigenvalue weighted by atomic mass is 35.5. The van der Waals surface area contributed by atoms with Crippen molar-refractivity contribution in [2.45, 2.75) is 20.3 Å². The fraction of sp³-hybridized carbons (Fsp3) is 0.333. The van der Waals surface area contributed by atoms with Crippen molar-refractivity contribution in [1.29, 1.82) is 0 Å². The molecule has 3 N–H and O–H groups in total. The van der Waals surface area contributed by atoms with E-state index in [-0.39, 0.29) is 19.0 Å². The quantitative estimate of drug-likeness (QED) is 0.312. The normalized spacial score (nSPS) is 10.7. The van der Waals surface area contributed by atoms with Gasteiger partial charge in [-0.3, -0.25) is 15.0 Å². The van der Waals surface area contributed by atoms with Crippen LogP contribution in [0, 0.1) is 0 Å². The molecule has 0 bridgehead atoms. The number of hydrazone groups is 1. The van der Waals surface area contributed by atoms with Gasteiger partial charge in [-0.2, -0.15) is 5.10 Å². The Morgan fingerprint density at radius 3 is 2.72 bits per heavy atom. The van der Waals surface area contributed by atoms with Gasteiger partial charge in [-0.1, -0.05) is 11.6 Å². The maximum atomic E-state index is 11.5. The zero-order valence-electron chi connectivity index (χ0n) is 15.9. The predicted molar refractivity (Wildman–Crippen MR) is 111 cm³/mol. The van der Waals surface area contributed by atoms with Crippen LogP contribution in [0.4, 0.5) is 5.13 Å². The Morgan fingerprint density at radius 1 is 1.28 bits per heavy atom. The number of nitrogens with two attached hydrogens (primary N) is 1. The molecule has 0 radical (unpaired) electrons. The Kier molecular flexibility index (Phi) is 8.68. The van der Waals surface area contributed by atoms with E-state index in [9.17, 15) is 9.59 Å². The van der Waals surface area contributed by atoms with E-state index in [0.717, 1.165) is 0 Å². The van der Waals surface area contributed by atoms with Crippen LogP contribution >= 0.6 is 22.9 Å². The Balaban J connectivity index is 2.06. The van der Waals surface area contributed by atoms with E-state index >= 15 is 0 Å². The number of primary amides is 1. The zero-order chi connectivity index (χ0) is 21.2. The van der Waals surface area contributed by atoms with Crippen molar-refractivity contribution < 1.29 is 23.8 Å². The van der Waals surface area contributed by atoms with E-state index < -0.39 is 5.91 Å². The van der Waals surface area contributed by atoms with E-state index in [1.165, 1.54) is 23.6 Å². The van der Waals surface area contributed by atoms with Crippen molar-refractivity contribution >= 4 is 46.2 Å². The number of esters is 1. The third kappa shape index (κ3) is 7.24. The van der Waals surface area contributed by atoms with Crippen LogP contribution in [0.5, 0.6) is 11.5 Å². The molecule has 156 valence electrons. The van der Waals surface area contributed by atoms with Gasteiger partial charge in [0.2, 0.25) is 5.13 Å². The van der Waals surface area contributed by atoms with E-state index in [4.69, 9.17) is 31.5 Å². The first-order valence-corrected chi connectivity index (χ1v) is 9.95. The summed E-state index contributed by atoms with van der Waals surface area (Å²) in [5.41, 5.74) is 9.05. The number of carbonyl (C=O) groups is 2. The van der Waals surface area contributed by atoms with Crippen LogP contribution in [0.2, 0.25) is 5.02 Å². The van der Waals surface area contributed by atoms with Gasteiger partial charge in [-0.25, -0.2) is 4.98 Å². The lowest BCUT2D eigenvalue weighted by atomic mass is 10.2. The number of hydrogen-bond acceptors (Lipinski definition) is 9. The number of rotatable bonds is 11. The Labute approximate surface area is 176 Å². The van der Waals surface area contributed by atoms with Crippen LogP contribution in [0.3, 0.4) is 0 Å². The number of amides is 1. The summed E-state index contributed by atoms with van der Waals surface area (Å²) < 4.78 is 15.7. The van der Waals surface area contributed by atoms with Crippen molar-refractivity contribution in [2.75, 3.05) is 25.2 Å². The molecule has 0 atom stereocenters. The second kappa shape index (κ2) is 11.2. The fourth-order valence-electron chi connectivity index (χ4n) is 2.14. The molecule has 0 saturated carbocycles. The van der Waals surface area contributed by atoms with Gasteiger partial charge in [-0.05, 0) is 19.9 Å². The first kappa shape index (κ1) is 22.4. The first-order valence-electron chi connectivity index (χ1n) is 8.69. The number of aromatic nitrogens is 1.